The van der Waals surface area contributed by atoms with Gasteiger partial charge in [-0.3, -0.25) is 4.79 Å². The number of likely N-dealkylation sites (tertiary alicyclic amines) is 1. The van der Waals surface area contributed by atoms with Crippen molar-refractivity contribution in [2.45, 2.75) is 32.0 Å². The first-order chi connectivity index (χ1) is 13.6. The molecule has 2 atom stereocenters. The molecule has 28 heavy (non-hydrogen) atoms. The Hall–Kier alpha value is -2.72. The number of alkyl halides is 1. The SMILES string of the molecule is CCCc1ccc(-c2cccc3c(C(=O)N4C[C@@H](O)[C@H](F)C4)cccc23)cc1. The average molecular weight is 377 g/mol. The number of aliphatic hydroxyl groups is 1. The summed E-state index contributed by atoms with van der Waals surface area (Å²) in [6, 6.07) is 20.1. The first kappa shape index (κ1) is 18.6. The fourth-order valence-corrected chi connectivity index (χ4v) is 3.97. The summed E-state index contributed by atoms with van der Waals surface area (Å²) in [7, 11) is 0. The number of β-amino-alcohol motifs (C(OH)–C–C–N with tert-alkyl or cyclic N) is 1. The molecule has 0 aromatic heterocycles. The highest BCUT2D eigenvalue weighted by Crippen LogP contribution is 2.31. The fourth-order valence-electron chi connectivity index (χ4n) is 3.97. The highest BCUT2D eigenvalue weighted by atomic mass is 19.1. The zero-order chi connectivity index (χ0) is 19.7. The molecule has 3 aromatic rings. The molecule has 144 valence electrons. The summed E-state index contributed by atoms with van der Waals surface area (Å²) in [5.74, 6) is -0.236. The standard InChI is InChI=1S/C24H24FNO2/c1-2-5-16-10-12-17(13-11-16)18-6-3-8-20-19(18)7-4-9-21(20)24(28)26-14-22(25)23(27)15-26/h3-4,6-13,22-23,27H,2,5,14-15H2,1H3/t22-,23-/m1/s1. The van der Waals surface area contributed by atoms with Crippen molar-refractivity contribution in [3.63, 3.8) is 0 Å². The molecule has 1 amide bonds. The lowest BCUT2D eigenvalue weighted by Crippen LogP contribution is -2.29. The van der Waals surface area contributed by atoms with Gasteiger partial charge in [0.05, 0.1) is 6.54 Å². The third-order valence-electron chi connectivity index (χ3n) is 5.46. The van der Waals surface area contributed by atoms with E-state index in [2.05, 4.69) is 37.3 Å². The van der Waals surface area contributed by atoms with Gasteiger partial charge in [-0.2, -0.15) is 0 Å². The summed E-state index contributed by atoms with van der Waals surface area (Å²) in [6.45, 7) is 2.14. The van der Waals surface area contributed by atoms with E-state index in [-0.39, 0.29) is 19.0 Å². The Labute approximate surface area is 164 Å². The lowest BCUT2D eigenvalue weighted by molar-refractivity contribution is 0.0766. The first-order valence-electron chi connectivity index (χ1n) is 9.81. The van der Waals surface area contributed by atoms with Gasteiger partial charge in [0.1, 0.15) is 12.3 Å². The molecule has 3 nitrogen and oxygen atoms in total. The van der Waals surface area contributed by atoms with Crippen LogP contribution in [0.2, 0.25) is 0 Å². The molecule has 0 saturated carbocycles. The van der Waals surface area contributed by atoms with E-state index >= 15 is 0 Å². The zero-order valence-electron chi connectivity index (χ0n) is 15.9. The number of amides is 1. The Morgan fingerprint density at radius 1 is 1.04 bits per heavy atom. The van der Waals surface area contributed by atoms with Crippen LogP contribution in [0.1, 0.15) is 29.3 Å². The Balaban J connectivity index is 1.73. The first-order valence-corrected chi connectivity index (χ1v) is 9.81. The van der Waals surface area contributed by atoms with Crippen molar-refractivity contribution in [1.82, 2.24) is 4.90 Å². The Morgan fingerprint density at radius 3 is 2.43 bits per heavy atom. The molecule has 3 aromatic carbocycles. The van der Waals surface area contributed by atoms with Gasteiger partial charge in [-0.05, 0) is 39.9 Å². The Kier molecular flexibility index (Phi) is 5.14. The molecular weight excluding hydrogens is 353 g/mol. The van der Waals surface area contributed by atoms with Crippen LogP contribution in [0.25, 0.3) is 21.9 Å². The van der Waals surface area contributed by atoms with Crippen LogP contribution in [0.4, 0.5) is 4.39 Å². The van der Waals surface area contributed by atoms with Crippen LogP contribution in [0.15, 0.2) is 60.7 Å². The minimum absolute atomic E-state index is 0.0367. The van der Waals surface area contributed by atoms with Crippen molar-refractivity contribution in [3.05, 3.63) is 71.8 Å². The summed E-state index contributed by atoms with van der Waals surface area (Å²) in [5.41, 5.74) is 4.04. The molecule has 0 radical (unpaired) electrons. The van der Waals surface area contributed by atoms with E-state index in [9.17, 15) is 14.3 Å². The number of nitrogens with zero attached hydrogens (tertiary/aromatic N) is 1. The molecule has 0 bridgehead atoms. The quantitative estimate of drug-likeness (QED) is 0.721. The van der Waals surface area contributed by atoms with Crippen LogP contribution < -0.4 is 0 Å². The van der Waals surface area contributed by atoms with Crippen molar-refractivity contribution >= 4 is 16.7 Å². The van der Waals surface area contributed by atoms with Crippen molar-refractivity contribution in [2.75, 3.05) is 13.1 Å². The molecule has 1 N–H and O–H groups in total. The van der Waals surface area contributed by atoms with Gasteiger partial charge in [0.15, 0.2) is 0 Å². The summed E-state index contributed by atoms with van der Waals surface area (Å²) < 4.78 is 13.7. The van der Waals surface area contributed by atoms with Crippen LogP contribution in [-0.2, 0) is 6.42 Å². The third kappa shape index (κ3) is 3.40. The number of aryl methyl sites for hydroxylation is 1. The van der Waals surface area contributed by atoms with Crippen LogP contribution in [0, 0.1) is 0 Å². The molecule has 1 heterocycles. The second-order valence-corrected chi connectivity index (χ2v) is 7.45. The number of hydrogen-bond acceptors (Lipinski definition) is 2. The summed E-state index contributed by atoms with van der Waals surface area (Å²) in [5, 5.41) is 11.5. The Bertz CT molecular complexity index is 989. The van der Waals surface area contributed by atoms with E-state index in [0.29, 0.717) is 5.56 Å². The number of fused-ring (bicyclic) bond motifs is 1. The molecule has 1 aliphatic heterocycles. The minimum atomic E-state index is -1.38. The van der Waals surface area contributed by atoms with E-state index < -0.39 is 12.3 Å². The number of aliphatic hydroxyl groups excluding tert-OH is 1. The van der Waals surface area contributed by atoms with Crippen molar-refractivity contribution in [2.24, 2.45) is 0 Å². The fraction of sp³-hybridized carbons (Fsp3) is 0.292. The third-order valence-corrected chi connectivity index (χ3v) is 5.46. The highest BCUT2D eigenvalue weighted by Gasteiger charge is 2.34. The second kappa shape index (κ2) is 7.72. The van der Waals surface area contributed by atoms with Crippen molar-refractivity contribution in [3.8, 4) is 11.1 Å². The lowest BCUT2D eigenvalue weighted by atomic mass is 9.94. The van der Waals surface area contributed by atoms with E-state index in [1.165, 1.54) is 10.5 Å². The van der Waals surface area contributed by atoms with Crippen LogP contribution in [0.5, 0.6) is 0 Å². The van der Waals surface area contributed by atoms with Crippen molar-refractivity contribution in [1.29, 1.82) is 0 Å². The molecule has 1 fully saturated rings. The summed E-state index contributed by atoms with van der Waals surface area (Å²) in [6.07, 6.45) is -0.303. The number of rotatable bonds is 4. The lowest BCUT2D eigenvalue weighted by Gasteiger charge is -2.17. The monoisotopic (exact) mass is 377 g/mol. The van der Waals surface area contributed by atoms with Gasteiger partial charge in [0.2, 0.25) is 0 Å². The number of benzene rings is 3. The smallest absolute Gasteiger partial charge is 0.254 e. The predicted octanol–water partition coefficient (Wildman–Crippen LogP) is 4.61. The molecule has 4 heteroatoms. The minimum Gasteiger partial charge on any atom is -0.388 e. The van der Waals surface area contributed by atoms with E-state index in [1.54, 1.807) is 6.07 Å². The maximum atomic E-state index is 13.7. The Morgan fingerprint density at radius 2 is 1.75 bits per heavy atom. The molecule has 0 aliphatic carbocycles. The van der Waals surface area contributed by atoms with Crippen LogP contribution in [-0.4, -0.2) is 41.3 Å². The van der Waals surface area contributed by atoms with E-state index in [4.69, 9.17) is 0 Å². The average Bonchev–Trinajstić information content (AvgIpc) is 3.06. The normalized spacial score (nSPS) is 19.3. The largest absolute Gasteiger partial charge is 0.388 e. The summed E-state index contributed by atoms with van der Waals surface area (Å²) >= 11 is 0. The predicted molar refractivity (Wildman–Crippen MR) is 110 cm³/mol. The number of hydrogen-bond donors (Lipinski definition) is 1. The number of carbonyl (C=O) groups is 1. The van der Waals surface area contributed by atoms with Crippen LogP contribution in [0.3, 0.4) is 0 Å². The molecule has 0 unspecified atom stereocenters. The topological polar surface area (TPSA) is 40.5 Å². The number of carbonyl (C=O) groups excluding carboxylic acids is 1. The van der Waals surface area contributed by atoms with E-state index in [1.807, 2.05) is 24.3 Å². The maximum Gasteiger partial charge on any atom is 0.254 e. The maximum absolute atomic E-state index is 13.7. The zero-order valence-corrected chi connectivity index (χ0v) is 15.9. The molecule has 4 rings (SSSR count). The molecular formula is C24H24FNO2. The molecule has 1 saturated heterocycles. The van der Waals surface area contributed by atoms with Gasteiger partial charge < -0.3 is 10.0 Å². The molecule has 1 aliphatic rings. The van der Waals surface area contributed by atoms with Gasteiger partial charge in [-0.15, -0.1) is 0 Å². The van der Waals surface area contributed by atoms with Crippen molar-refractivity contribution < 1.29 is 14.3 Å². The van der Waals surface area contributed by atoms with Gasteiger partial charge >= 0.3 is 0 Å². The highest BCUT2D eigenvalue weighted by molar-refractivity contribution is 6.10. The van der Waals surface area contributed by atoms with Crippen LogP contribution >= 0.6 is 0 Å². The summed E-state index contributed by atoms with van der Waals surface area (Å²) in [4.78, 5) is 14.4. The number of halogens is 1. The van der Waals surface area contributed by atoms with Gasteiger partial charge in [-0.1, -0.05) is 67.9 Å². The van der Waals surface area contributed by atoms with Gasteiger partial charge in [0.25, 0.3) is 5.91 Å². The van der Waals surface area contributed by atoms with Gasteiger partial charge in [-0.25, -0.2) is 4.39 Å². The van der Waals surface area contributed by atoms with Gasteiger partial charge in [0, 0.05) is 12.1 Å². The molecule has 0 spiro atoms. The van der Waals surface area contributed by atoms with E-state index in [0.717, 1.165) is 34.7 Å². The second-order valence-electron chi connectivity index (χ2n) is 7.45.